The molecule has 8 bridgehead atoms. The van der Waals surface area contributed by atoms with Gasteiger partial charge in [0.25, 0.3) is 0 Å². The standard InChI is InChI=1S/C55H73I6N2O5S5/c1-18-7-20(16-68-67)9-25(11-23(62)8-18)72-73-45-31-17-70-69-6-5-21-10-22(49(64)65)3-4-26-33(21)34-29-15-52(60-57,39(26)34)55(56)47-37(29)43-42-36-30-14-51(42)44(48(55)53(43,47)51)38-46(71-50(38)66)41(30)54(40(31)36,61(58)59)19(2)32-27-12-24(63)13-28(27)35(32)45/h18-48,67H,3-17,62-63H2,1-2H3,(H,64,65)/q-1. The average Bonchev–Trinajstić information content (AvgIpc) is 3.98. The number of carboxylic acid groups (broad SMARTS) is 1. The molecule has 406 valence electrons. The zero-order valence-electron chi connectivity index (χ0n) is 41.6. The Morgan fingerprint density at radius 2 is 1.59 bits per heavy atom. The SMILES string of the molecule is CC1CC(N)CC(SSC2C3CSSCCC4CC(C(=O)O)CCC5C4C4C6CC([I-]I)(C54)C4(I)C5C6C6C7C8C9CC7%10C(C7C(=O)SC7C9C(I(I)I)(C(C)C7C9CC(N)CC9C27)C38)C4C65%10)CC(COO)C1. The summed E-state index contributed by atoms with van der Waals surface area (Å²) in [4.78, 5) is 33.3. The summed E-state index contributed by atoms with van der Waals surface area (Å²) in [5.41, 5.74) is 15.2. The third-order valence-corrected chi connectivity index (χ3v) is 59.7. The van der Waals surface area contributed by atoms with E-state index in [1.165, 1.54) is 43.6 Å². The van der Waals surface area contributed by atoms with Crippen LogP contribution in [0.4, 0.5) is 0 Å². The molecular weight excluding hydrogens is 1690 g/mol. The summed E-state index contributed by atoms with van der Waals surface area (Å²) >= 11 is 12.9. The Balaban J connectivity index is 0.844. The predicted octanol–water partition coefficient (Wildman–Crippen LogP) is 10.6. The Kier molecular flexibility index (Phi) is 12.7. The van der Waals surface area contributed by atoms with Crippen molar-refractivity contribution in [3.8, 4) is 0 Å². The molecule has 2 spiro atoms. The fourth-order valence-electron chi connectivity index (χ4n) is 27.8. The van der Waals surface area contributed by atoms with Gasteiger partial charge in [0.2, 0.25) is 0 Å². The fourth-order valence-corrected chi connectivity index (χ4v) is 66.2. The van der Waals surface area contributed by atoms with E-state index in [2.05, 4.69) is 135 Å². The van der Waals surface area contributed by atoms with E-state index in [0.29, 0.717) is 108 Å². The van der Waals surface area contributed by atoms with Crippen LogP contribution in [0.2, 0.25) is 0 Å². The zero-order chi connectivity index (χ0) is 49.7. The van der Waals surface area contributed by atoms with Crippen LogP contribution in [-0.4, -0.2) is 77.7 Å². The van der Waals surface area contributed by atoms with E-state index in [0.717, 1.165) is 140 Å². The van der Waals surface area contributed by atoms with Gasteiger partial charge in [-0.15, -0.1) is 0 Å². The molecule has 2 saturated heterocycles. The summed E-state index contributed by atoms with van der Waals surface area (Å²) in [6.45, 7) is 5.66. The van der Waals surface area contributed by atoms with Crippen LogP contribution < -0.4 is 28.7 Å². The second-order valence-corrected chi connectivity index (χ2v) is 66.7. The summed E-state index contributed by atoms with van der Waals surface area (Å²) in [5.74, 6) is 19.7. The van der Waals surface area contributed by atoms with Gasteiger partial charge in [0.1, 0.15) is 0 Å². The van der Waals surface area contributed by atoms with Crippen LogP contribution in [0.3, 0.4) is 0 Å². The number of halogens is 6. The molecule has 0 aromatic carbocycles. The molecule has 15 saturated carbocycles. The van der Waals surface area contributed by atoms with Gasteiger partial charge in [-0.1, -0.05) is 0 Å². The van der Waals surface area contributed by atoms with Gasteiger partial charge in [-0.05, 0) is 0 Å². The first-order chi connectivity index (χ1) is 35.2. The number of rotatable bonds is 8. The van der Waals surface area contributed by atoms with Crippen molar-refractivity contribution in [2.24, 2.45) is 176 Å². The molecule has 18 heteroatoms. The maximum absolute atomic E-state index is 15.2. The monoisotopic (exact) mass is 1760 g/mol. The van der Waals surface area contributed by atoms with E-state index >= 15 is 4.79 Å². The van der Waals surface area contributed by atoms with Crippen molar-refractivity contribution in [2.75, 3.05) is 18.1 Å². The first kappa shape index (κ1) is 52.4. The van der Waals surface area contributed by atoms with Crippen molar-refractivity contribution in [2.45, 2.75) is 129 Å². The number of hydrogen-bond acceptors (Lipinski definition) is 11. The van der Waals surface area contributed by atoms with Crippen molar-refractivity contribution in [1.82, 2.24) is 0 Å². The Morgan fingerprint density at radius 1 is 0.795 bits per heavy atom. The molecule has 0 aromatic heterocycles. The Hall–Kier alpha value is 5.11. The third kappa shape index (κ3) is 5.83. The van der Waals surface area contributed by atoms with E-state index in [1.54, 1.807) is 0 Å². The van der Waals surface area contributed by atoms with E-state index in [4.69, 9.17) is 16.4 Å². The Labute approximate surface area is 513 Å². The number of carbonyl (C=O) groups excluding carboxylic acids is 1. The first-order valence-corrected chi connectivity index (χ1v) is 56.7. The number of thioether (sulfide) groups is 1. The molecule has 36 atom stereocenters. The average molecular weight is 1760 g/mol. The van der Waals surface area contributed by atoms with Crippen LogP contribution in [0.1, 0.15) is 90.9 Å². The summed E-state index contributed by atoms with van der Waals surface area (Å²) in [5, 5.41) is 22.9. The Bertz CT molecular complexity index is 2430. The molecule has 0 aromatic rings. The summed E-state index contributed by atoms with van der Waals surface area (Å²) in [6.07, 6.45) is 13.9. The summed E-state index contributed by atoms with van der Waals surface area (Å²) in [7, 11) is 9.12. The second kappa shape index (κ2) is 17.6. The van der Waals surface area contributed by atoms with E-state index in [1.807, 2.05) is 11.8 Å². The minimum atomic E-state index is -1.69. The summed E-state index contributed by atoms with van der Waals surface area (Å²) < 4.78 is 1.16. The molecule has 73 heavy (non-hydrogen) atoms. The number of aliphatic carboxylic acids is 1. The van der Waals surface area contributed by atoms with Crippen molar-refractivity contribution < 1.29 is 42.1 Å². The van der Waals surface area contributed by atoms with Crippen molar-refractivity contribution >= 4 is 156 Å². The number of fused-ring (bicyclic) bond motifs is 11. The van der Waals surface area contributed by atoms with Crippen molar-refractivity contribution in [3.63, 3.8) is 0 Å². The van der Waals surface area contributed by atoms with Crippen LogP contribution in [0.15, 0.2) is 0 Å². The van der Waals surface area contributed by atoms with E-state index in [-0.39, 0.29) is 29.2 Å². The molecule has 6 N–H and O–H groups in total. The molecule has 17 aliphatic rings. The maximum atomic E-state index is 15.2. The van der Waals surface area contributed by atoms with Gasteiger partial charge >= 0.3 is 522 Å². The van der Waals surface area contributed by atoms with Crippen molar-refractivity contribution in [3.05, 3.63) is 0 Å². The number of alkyl halides is 3. The van der Waals surface area contributed by atoms with Crippen LogP contribution in [0.25, 0.3) is 0 Å². The van der Waals surface area contributed by atoms with Gasteiger partial charge in [0.15, 0.2) is 0 Å². The van der Waals surface area contributed by atoms with Gasteiger partial charge in [-0.25, -0.2) is 0 Å². The molecule has 36 unspecified atom stereocenters. The first-order valence-electron chi connectivity index (χ1n) is 28.9. The van der Waals surface area contributed by atoms with Crippen LogP contribution >= 0.6 is 145 Å². The summed E-state index contributed by atoms with van der Waals surface area (Å²) in [6, 6.07) is 0.541. The van der Waals surface area contributed by atoms with Gasteiger partial charge < -0.3 is 0 Å². The number of nitrogens with two attached hydrogens (primary N) is 2. The quantitative estimate of drug-likeness (QED) is 0.0606. The van der Waals surface area contributed by atoms with Gasteiger partial charge in [-0.3, -0.25) is 0 Å². The normalized spacial score (nSPS) is 67.2. The van der Waals surface area contributed by atoms with Gasteiger partial charge in [0.05, 0.1) is 0 Å². The van der Waals surface area contributed by atoms with Gasteiger partial charge in [-0.2, -0.15) is 0 Å². The number of hydrogen-bond donors (Lipinski definition) is 4. The molecule has 17 rings (SSSR count). The van der Waals surface area contributed by atoms with Crippen LogP contribution in [0, 0.1) is 165 Å². The number of carbonyl (C=O) groups is 2. The molecule has 0 radical (unpaired) electrons. The van der Waals surface area contributed by atoms with Crippen molar-refractivity contribution in [1.29, 1.82) is 0 Å². The molecule has 0 amide bonds. The molecule has 15 aliphatic carbocycles. The van der Waals surface area contributed by atoms with Gasteiger partial charge in [0, 0.05) is 0 Å². The fraction of sp³-hybridized carbons (Fsp3) is 0.964. The third-order valence-electron chi connectivity index (χ3n) is 28.0. The molecular formula is C55H73I6N2O5S5-. The van der Waals surface area contributed by atoms with Crippen LogP contribution in [-0.2, 0) is 14.5 Å². The molecule has 17 fully saturated rings. The Morgan fingerprint density at radius 3 is 2.34 bits per heavy atom. The zero-order valence-corrected chi connectivity index (χ0v) is 58.6. The topological polar surface area (TPSA) is 136 Å². The minimum absolute atomic E-state index is 0.0671. The van der Waals surface area contributed by atoms with E-state index < -0.39 is 17.8 Å². The predicted molar refractivity (Wildman–Crippen MR) is 337 cm³/mol. The molecule has 2 aliphatic heterocycles. The van der Waals surface area contributed by atoms with E-state index in [9.17, 15) is 15.2 Å². The second-order valence-electron chi connectivity index (χ2n) is 28.9. The molecule has 2 heterocycles. The van der Waals surface area contributed by atoms with Crippen LogP contribution in [0.5, 0.6) is 0 Å². The molecule has 7 nitrogen and oxygen atoms in total. The number of carboxylic acids is 1.